The van der Waals surface area contributed by atoms with E-state index in [0.717, 1.165) is 0 Å². The summed E-state index contributed by atoms with van der Waals surface area (Å²) in [6.07, 6.45) is -9.11. The van der Waals surface area contributed by atoms with Gasteiger partial charge >= 0.3 is 12.0 Å². The van der Waals surface area contributed by atoms with E-state index in [0.29, 0.717) is 0 Å². The molecule has 0 amide bonds. The highest BCUT2D eigenvalue weighted by molar-refractivity contribution is 8.14. The zero-order chi connectivity index (χ0) is 16.6. The zero-order valence-electron chi connectivity index (χ0n) is 9.27. The van der Waals surface area contributed by atoms with Gasteiger partial charge in [0.05, 0.1) is 11.1 Å². The summed E-state index contributed by atoms with van der Waals surface area (Å²) in [5.41, 5.74) is -3.55. The normalized spacial score (nSPS) is 12.5. The van der Waals surface area contributed by atoms with Crippen molar-refractivity contribution < 1.29 is 40.0 Å². The number of rotatable bonds is 4. The number of ether oxygens (including phenoxy) is 1. The molecule has 0 N–H and O–H groups in total. The van der Waals surface area contributed by atoms with Crippen molar-refractivity contribution in [2.75, 3.05) is 0 Å². The number of nitro groups is 1. The van der Waals surface area contributed by atoms with E-state index >= 15 is 0 Å². The first-order valence-corrected chi connectivity index (χ1v) is 6.81. The van der Waals surface area contributed by atoms with Crippen LogP contribution in [0.15, 0.2) is 11.1 Å². The molecule has 0 atom stereocenters. The average molecular weight is 357 g/mol. The van der Waals surface area contributed by atoms with Crippen molar-refractivity contribution in [1.29, 1.82) is 0 Å². The van der Waals surface area contributed by atoms with E-state index < -0.39 is 48.8 Å². The summed E-state index contributed by atoms with van der Waals surface area (Å²) < 4.78 is 87.0. The van der Waals surface area contributed by atoms with Gasteiger partial charge in [0.2, 0.25) is 4.90 Å². The molecule has 0 aliphatic heterocycles. The quantitative estimate of drug-likeness (QED) is 0.356. The van der Waals surface area contributed by atoms with Crippen molar-refractivity contribution in [2.45, 2.75) is 17.7 Å². The van der Waals surface area contributed by atoms with Crippen molar-refractivity contribution in [3.63, 3.8) is 0 Å². The molecule has 1 aromatic rings. The predicted molar refractivity (Wildman–Crippen MR) is 55.6 cm³/mol. The molecule has 0 bridgehead atoms. The van der Waals surface area contributed by atoms with Gasteiger partial charge in [-0.15, -0.1) is 13.2 Å². The lowest BCUT2D eigenvalue weighted by Gasteiger charge is -2.12. The Balaban J connectivity index is 3.78. The Morgan fingerprint density at radius 3 is 2.24 bits per heavy atom. The van der Waals surface area contributed by atoms with Gasteiger partial charge in [-0.25, -0.2) is 22.2 Å². The van der Waals surface area contributed by atoms with Crippen LogP contribution in [0.2, 0.25) is 0 Å². The third kappa shape index (κ3) is 4.10. The summed E-state index contributed by atoms with van der Waals surface area (Å²) in [6.45, 7) is 0. The topological polar surface area (TPSA) is 99.4 Å². The number of aromatic nitrogens is 1. The standard InChI is InChI=1S/C7H2ClF5N2O5S/c8-21(18,19)5-2(20-7(11,12)13)1-14-3(6(9)10)4(5)15(16)17/h1,6H. The highest BCUT2D eigenvalue weighted by Crippen LogP contribution is 2.41. The van der Waals surface area contributed by atoms with Crippen LogP contribution in [0.3, 0.4) is 0 Å². The molecule has 0 radical (unpaired) electrons. The number of halogens is 6. The van der Waals surface area contributed by atoms with Crippen LogP contribution in [0.5, 0.6) is 5.75 Å². The molecule has 0 saturated heterocycles. The van der Waals surface area contributed by atoms with Crippen LogP contribution in [0.25, 0.3) is 0 Å². The predicted octanol–water partition coefficient (Wildman–Crippen LogP) is 2.75. The first-order valence-electron chi connectivity index (χ1n) is 4.50. The molecule has 0 aliphatic carbocycles. The Labute approximate surface area is 116 Å². The highest BCUT2D eigenvalue weighted by atomic mass is 35.7. The molecule has 0 unspecified atom stereocenters. The van der Waals surface area contributed by atoms with Crippen molar-refractivity contribution in [1.82, 2.24) is 4.98 Å². The minimum Gasteiger partial charge on any atom is -0.402 e. The molecule has 118 valence electrons. The van der Waals surface area contributed by atoms with E-state index in [2.05, 4.69) is 9.72 Å². The maximum absolute atomic E-state index is 12.6. The van der Waals surface area contributed by atoms with Crippen LogP contribution in [0.1, 0.15) is 12.1 Å². The Hall–Kier alpha value is -1.76. The van der Waals surface area contributed by atoms with E-state index in [9.17, 15) is 40.5 Å². The maximum Gasteiger partial charge on any atom is 0.573 e. The smallest absolute Gasteiger partial charge is 0.402 e. The number of hydrogen-bond donors (Lipinski definition) is 0. The van der Waals surface area contributed by atoms with Gasteiger partial charge in [-0.05, 0) is 0 Å². The fourth-order valence-corrected chi connectivity index (χ4v) is 2.44. The van der Waals surface area contributed by atoms with E-state index in [1.807, 2.05) is 0 Å². The number of nitrogens with zero attached hydrogens (tertiary/aromatic N) is 2. The molecule has 1 heterocycles. The summed E-state index contributed by atoms with van der Waals surface area (Å²) >= 11 is 0. The average Bonchev–Trinajstić information content (AvgIpc) is 2.23. The van der Waals surface area contributed by atoms with E-state index in [-0.39, 0.29) is 6.20 Å². The number of pyridine rings is 1. The Kier molecular flexibility index (Phi) is 4.57. The summed E-state index contributed by atoms with van der Waals surface area (Å²) in [7, 11) is -0.439. The molecule has 0 fully saturated rings. The fraction of sp³-hybridized carbons (Fsp3) is 0.286. The summed E-state index contributed by atoms with van der Waals surface area (Å²) in [5.74, 6) is -1.69. The molecular formula is C7H2ClF5N2O5S. The molecule has 14 heteroatoms. The first-order chi connectivity index (χ1) is 9.34. The van der Waals surface area contributed by atoms with Gasteiger partial charge in [-0.1, -0.05) is 0 Å². The second-order valence-electron chi connectivity index (χ2n) is 3.23. The Bertz CT molecular complexity index is 677. The van der Waals surface area contributed by atoms with Gasteiger partial charge in [-0.2, -0.15) is 0 Å². The van der Waals surface area contributed by atoms with Crippen LogP contribution >= 0.6 is 10.7 Å². The Morgan fingerprint density at radius 2 is 1.90 bits per heavy atom. The molecule has 21 heavy (non-hydrogen) atoms. The third-order valence-corrected chi connectivity index (χ3v) is 3.21. The van der Waals surface area contributed by atoms with E-state index in [1.54, 1.807) is 0 Å². The highest BCUT2D eigenvalue weighted by Gasteiger charge is 2.41. The number of alkyl halides is 5. The van der Waals surface area contributed by atoms with Crippen LogP contribution in [-0.4, -0.2) is 24.7 Å². The summed E-state index contributed by atoms with van der Waals surface area (Å²) in [5, 5.41) is 10.7. The molecule has 1 aromatic heterocycles. The molecule has 0 aliphatic rings. The minimum absolute atomic E-state index is 0.0444. The second-order valence-corrected chi connectivity index (χ2v) is 5.73. The van der Waals surface area contributed by atoms with Crippen molar-refractivity contribution in [2.24, 2.45) is 0 Å². The minimum atomic E-state index is -5.45. The van der Waals surface area contributed by atoms with Crippen molar-refractivity contribution in [3.8, 4) is 5.75 Å². The van der Waals surface area contributed by atoms with Gasteiger partial charge in [0, 0.05) is 10.7 Å². The monoisotopic (exact) mass is 356 g/mol. The summed E-state index contributed by atoms with van der Waals surface area (Å²) in [6, 6.07) is 0. The van der Waals surface area contributed by atoms with Gasteiger partial charge in [0.1, 0.15) is 0 Å². The van der Waals surface area contributed by atoms with Crippen molar-refractivity contribution in [3.05, 3.63) is 22.0 Å². The molecule has 0 saturated carbocycles. The third-order valence-electron chi connectivity index (χ3n) is 1.86. The van der Waals surface area contributed by atoms with Crippen LogP contribution in [0.4, 0.5) is 27.6 Å². The first kappa shape index (κ1) is 17.3. The second kappa shape index (κ2) is 5.55. The lowest BCUT2D eigenvalue weighted by Crippen LogP contribution is -2.19. The molecule has 7 nitrogen and oxygen atoms in total. The van der Waals surface area contributed by atoms with Crippen LogP contribution in [0, 0.1) is 10.1 Å². The number of hydrogen-bond acceptors (Lipinski definition) is 6. The van der Waals surface area contributed by atoms with Crippen LogP contribution in [-0.2, 0) is 9.05 Å². The molecule has 0 spiro atoms. The molecule has 1 rings (SSSR count). The van der Waals surface area contributed by atoms with Gasteiger partial charge in [0.25, 0.3) is 15.5 Å². The summed E-state index contributed by atoms with van der Waals surface area (Å²) in [4.78, 5) is 9.91. The van der Waals surface area contributed by atoms with Gasteiger partial charge < -0.3 is 4.74 Å². The van der Waals surface area contributed by atoms with Gasteiger partial charge in [-0.3, -0.25) is 10.1 Å². The zero-order valence-corrected chi connectivity index (χ0v) is 10.8. The van der Waals surface area contributed by atoms with E-state index in [1.165, 1.54) is 0 Å². The lowest BCUT2D eigenvalue weighted by molar-refractivity contribution is -0.390. The van der Waals surface area contributed by atoms with Gasteiger partial charge in [0.15, 0.2) is 11.4 Å². The SMILES string of the molecule is O=[N+]([O-])c1c(C(F)F)ncc(OC(F)(F)F)c1S(=O)(=O)Cl. The maximum atomic E-state index is 12.6. The van der Waals surface area contributed by atoms with E-state index in [4.69, 9.17) is 10.7 Å². The molecular weight excluding hydrogens is 355 g/mol. The molecule has 0 aromatic carbocycles. The van der Waals surface area contributed by atoms with Crippen LogP contribution < -0.4 is 4.74 Å². The Morgan fingerprint density at radius 1 is 1.38 bits per heavy atom. The fourth-order valence-electron chi connectivity index (χ4n) is 1.25. The lowest BCUT2D eigenvalue weighted by atomic mass is 10.3. The van der Waals surface area contributed by atoms with Crippen molar-refractivity contribution >= 4 is 25.4 Å². The largest absolute Gasteiger partial charge is 0.573 e.